The Bertz CT molecular complexity index is 494. The third kappa shape index (κ3) is 3.31. The Morgan fingerprint density at radius 2 is 1.39 bits per heavy atom. The van der Waals surface area contributed by atoms with Gasteiger partial charge in [0.1, 0.15) is 0 Å². The summed E-state index contributed by atoms with van der Waals surface area (Å²) < 4.78 is 24.4. The molecule has 0 aromatic heterocycles. The van der Waals surface area contributed by atoms with E-state index in [0.717, 1.165) is 16.7 Å². The molecule has 0 aliphatic carbocycles. The van der Waals surface area contributed by atoms with Crippen LogP contribution in [0.3, 0.4) is 0 Å². The lowest BCUT2D eigenvalue weighted by Gasteiger charge is -2.05. The topological polar surface area (TPSA) is 26.0 Å². The van der Waals surface area contributed by atoms with Crippen LogP contribution in [0.1, 0.15) is 5.56 Å². The third-order valence-corrected chi connectivity index (χ3v) is 3.32. The number of alkyl halides is 2. The summed E-state index contributed by atoms with van der Waals surface area (Å²) in [7, 11) is 0. The van der Waals surface area contributed by atoms with Crippen LogP contribution in [-0.2, 0) is 6.54 Å². The molecule has 0 saturated heterocycles. The lowest BCUT2D eigenvalue weighted by molar-refractivity contribution is 0.252. The van der Waals surface area contributed by atoms with E-state index in [1.54, 1.807) is 12.1 Å². The lowest BCUT2D eigenvalue weighted by Crippen LogP contribution is -1.95. The maximum atomic E-state index is 12.2. The van der Waals surface area contributed by atoms with E-state index in [9.17, 15) is 8.78 Å². The molecular formula is C14H13F2NS. The van der Waals surface area contributed by atoms with Gasteiger partial charge in [-0.2, -0.15) is 8.78 Å². The number of halogens is 2. The number of benzene rings is 2. The first-order valence-electron chi connectivity index (χ1n) is 5.53. The number of rotatable bonds is 4. The van der Waals surface area contributed by atoms with Crippen LogP contribution < -0.4 is 5.73 Å². The van der Waals surface area contributed by atoms with Gasteiger partial charge in [-0.05, 0) is 28.8 Å². The lowest BCUT2D eigenvalue weighted by atomic mass is 10.0. The van der Waals surface area contributed by atoms with Crippen LogP contribution in [0.2, 0.25) is 0 Å². The van der Waals surface area contributed by atoms with Crippen molar-refractivity contribution < 1.29 is 8.78 Å². The van der Waals surface area contributed by atoms with Gasteiger partial charge in [-0.25, -0.2) is 0 Å². The molecule has 0 radical (unpaired) electrons. The maximum Gasteiger partial charge on any atom is 0.288 e. The summed E-state index contributed by atoms with van der Waals surface area (Å²) in [6.45, 7) is 0.518. The Kier molecular flexibility index (Phi) is 4.33. The molecule has 0 bridgehead atoms. The normalized spacial score (nSPS) is 10.9. The van der Waals surface area contributed by atoms with E-state index < -0.39 is 5.76 Å². The predicted octanol–water partition coefficient (Wildman–Crippen LogP) is 4.13. The number of hydrogen-bond acceptors (Lipinski definition) is 2. The van der Waals surface area contributed by atoms with Crippen LogP contribution in [0.25, 0.3) is 11.1 Å². The van der Waals surface area contributed by atoms with Gasteiger partial charge < -0.3 is 5.73 Å². The molecular weight excluding hydrogens is 252 g/mol. The molecule has 0 aliphatic heterocycles. The Morgan fingerprint density at radius 1 is 0.889 bits per heavy atom. The fourth-order valence-corrected chi connectivity index (χ4v) is 2.16. The molecule has 1 nitrogen and oxygen atoms in total. The smallest absolute Gasteiger partial charge is 0.288 e. The Morgan fingerprint density at radius 3 is 1.83 bits per heavy atom. The summed E-state index contributed by atoms with van der Waals surface area (Å²) >= 11 is 0.559. The van der Waals surface area contributed by atoms with Gasteiger partial charge in [0.25, 0.3) is 5.76 Å². The van der Waals surface area contributed by atoms with E-state index in [4.69, 9.17) is 5.73 Å². The Labute approximate surface area is 109 Å². The van der Waals surface area contributed by atoms with Gasteiger partial charge >= 0.3 is 0 Å². The van der Waals surface area contributed by atoms with Crippen LogP contribution >= 0.6 is 11.8 Å². The number of thioether (sulfide) groups is 1. The fourth-order valence-electron chi connectivity index (χ4n) is 1.66. The van der Waals surface area contributed by atoms with Gasteiger partial charge in [0, 0.05) is 11.4 Å². The molecule has 2 N–H and O–H groups in total. The molecule has 2 aromatic carbocycles. The summed E-state index contributed by atoms with van der Waals surface area (Å²) in [6.07, 6.45) is 0. The minimum absolute atomic E-state index is 0.518. The highest BCUT2D eigenvalue weighted by atomic mass is 32.2. The molecule has 0 aliphatic rings. The van der Waals surface area contributed by atoms with Crippen LogP contribution in [0.4, 0.5) is 8.78 Å². The standard InChI is InChI=1S/C14H13F2NS/c15-14(16)18-13-7-5-12(6-8-13)11-3-1-10(9-17)2-4-11/h1-8,14H,9,17H2. The molecule has 0 atom stereocenters. The Hall–Kier alpha value is -1.39. The molecule has 0 amide bonds. The SMILES string of the molecule is NCc1ccc(-c2ccc(SC(F)F)cc2)cc1. The quantitative estimate of drug-likeness (QED) is 0.841. The van der Waals surface area contributed by atoms with Crippen molar-refractivity contribution in [2.24, 2.45) is 5.73 Å². The van der Waals surface area contributed by atoms with Crippen molar-refractivity contribution >= 4 is 11.8 Å². The number of hydrogen-bond donors (Lipinski definition) is 1. The van der Waals surface area contributed by atoms with E-state index in [-0.39, 0.29) is 0 Å². The van der Waals surface area contributed by atoms with Crippen molar-refractivity contribution in [1.29, 1.82) is 0 Å². The van der Waals surface area contributed by atoms with Crippen molar-refractivity contribution in [2.75, 3.05) is 0 Å². The van der Waals surface area contributed by atoms with E-state index >= 15 is 0 Å². The average Bonchev–Trinajstić information content (AvgIpc) is 2.39. The van der Waals surface area contributed by atoms with Crippen LogP contribution in [0.5, 0.6) is 0 Å². The van der Waals surface area contributed by atoms with Gasteiger partial charge in [0.15, 0.2) is 0 Å². The molecule has 4 heteroatoms. The molecule has 0 saturated carbocycles. The first-order valence-corrected chi connectivity index (χ1v) is 6.41. The molecule has 0 fully saturated rings. The molecule has 18 heavy (non-hydrogen) atoms. The minimum Gasteiger partial charge on any atom is -0.326 e. The molecule has 2 rings (SSSR count). The zero-order valence-electron chi connectivity index (χ0n) is 9.64. The first kappa shape index (κ1) is 13.1. The van der Waals surface area contributed by atoms with E-state index in [1.165, 1.54) is 0 Å². The summed E-state index contributed by atoms with van der Waals surface area (Å²) in [4.78, 5) is 0.576. The number of nitrogens with two attached hydrogens (primary N) is 1. The highest BCUT2D eigenvalue weighted by Crippen LogP contribution is 2.28. The van der Waals surface area contributed by atoms with Gasteiger partial charge in [0.05, 0.1) is 0 Å². The molecule has 2 aromatic rings. The zero-order valence-corrected chi connectivity index (χ0v) is 10.5. The maximum absolute atomic E-state index is 12.2. The van der Waals surface area contributed by atoms with E-state index in [2.05, 4.69) is 0 Å². The predicted molar refractivity (Wildman–Crippen MR) is 71.6 cm³/mol. The minimum atomic E-state index is -2.38. The van der Waals surface area contributed by atoms with Gasteiger partial charge in [-0.15, -0.1) is 0 Å². The monoisotopic (exact) mass is 265 g/mol. The van der Waals surface area contributed by atoms with E-state index in [0.29, 0.717) is 23.2 Å². The highest BCUT2D eigenvalue weighted by molar-refractivity contribution is 7.99. The largest absolute Gasteiger partial charge is 0.326 e. The van der Waals surface area contributed by atoms with Crippen molar-refractivity contribution in [2.45, 2.75) is 17.2 Å². The summed E-state index contributed by atoms with van der Waals surface area (Å²) in [5.41, 5.74) is 8.67. The fraction of sp³-hybridized carbons (Fsp3) is 0.143. The van der Waals surface area contributed by atoms with E-state index in [1.807, 2.05) is 36.4 Å². The highest BCUT2D eigenvalue weighted by Gasteiger charge is 2.05. The average molecular weight is 265 g/mol. The molecule has 0 heterocycles. The zero-order chi connectivity index (χ0) is 13.0. The van der Waals surface area contributed by atoms with Crippen molar-refractivity contribution in [1.82, 2.24) is 0 Å². The van der Waals surface area contributed by atoms with Crippen LogP contribution in [-0.4, -0.2) is 5.76 Å². The molecule has 94 valence electrons. The van der Waals surface area contributed by atoms with Crippen molar-refractivity contribution in [3.05, 3.63) is 54.1 Å². The summed E-state index contributed by atoms with van der Waals surface area (Å²) in [6, 6.07) is 15.0. The summed E-state index contributed by atoms with van der Waals surface area (Å²) in [5, 5.41) is 0. The van der Waals surface area contributed by atoms with Gasteiger partial charge in [0.2, 0.25) is 0 Å². The van der Waals surface area contributed by atoms with Crippen LogP contribution in [0.15, 0.2) is 53.4 Å². The molecule has 0 spiro atoms. The second-order valence-electron chi connectivity index (χ2n) is 3.80. The third-order valence-electron chi connectivity index (χ3n) is 2.60. The molecule has 0 unspecified atom stereocenters. The second-order valence-corrected chi connectivity index (χ2v) is 4.87. The van der Waals surface area contributed by atoms with Crippen molar-refractivity contribution in [3.8, 4) is 11.1 Å². The van der Waals surface area contributed by atoms with Gasteiger partial charge in [-0.3, -0.25) is 0 Å². The summed E-state index contributed by atoms with van der Waals surface area (Å²) in [5.74, 6) is -2.38. The first-order chi connectivity index (χ1) is 8.69. The van der Waals surface area contributed by atoms with Crippen LogP contribution in [0, 0.1) is 0 Å². The Balaban J connectivity index is 2.17. The van der Waals surface area contributed by atoms with Gasteiger partial charge in [-0.1, -0.05) is 48.2 Å². The van der Waals surface area contributed by atoms with Crippen molar-refractivity contribution in [3.63, 3.8) is 0 Å². The second kappa shape index (κ2) is 5.98.